The van der Waals surface area contributed by atoms with E-state index in [-0.39, 0.29) is 4.90 Å². The molecule has 0 aliphatic carbocycles. The lowest BCUT2D eigenvalue weighted by molar-refractivity contribution is 0.00578. The summed E-state index contributed by atoms with van der Waals surface area (Å²) >= 11 is 0. The number of hydrogen-bond donors (Lipinski definition) is 1. The quantitative estimate of drug-likeness (QED) is 0.808. The van der Waals surface area contributed by atoms with Gasteiger partial charge in [0.05, 0.1) is 33.2 Å². The minimum Gasteiger partial charge on any atom is -0.399 e. The first-order valence-electron chi connectivity index (χ1n) is 8.83. The maximum absolute atomic E-state index is 12.7. The van der Waals surface area contributed by atoms with Crippen LogP contribution < -0.4 is 10.2 Å². The van der Waals surface area contributed by atoms with Crippen molar-refractivity contribution >= 4 is 28.3 Å². The van der Waals surface area contributed by atoms with Gasteiger partial charge in [-0.05, 0) is 59.1 Å². The Bertz CT molecular complexity index is 949. The van der Waals surface area contributed by atoms with E-state index < -0.39 is 28.3 Å². The summed E-state index contributed by atoms with van der Waals surface area (Å²) in [4.78, 5) is 0.172. The van der Waals surface area contributed by atoms with E-state index in [4.69, 9.17) is 9.31 Å². The number of nitrogens with one attached hydrogen (secondary N) is 1. The number of aromatic nitrogens is 2. The van der Waals surface area contributed by atoms with E-state index in [0.717, 1.165) is 11.2 Å². The van der Waals surface area contributed by atoms with Crippen molar-refractivity contribution in [1.29, 1.82) is 0 Å². The number of aryl methyl sites for hydroxylation is 2. The third kappa shape index (κ3) is 3.51. The monoisotopic (exact) mass is 391 g/mol. The van der Waals surface area contributed by atoms with Crippen molar-refractivity contribution in [1.82, 2.24) is 9.78 Å². The molecular weight excluding hydrogens is 365 g/mol. The van der Waals surface area contributed by atoms with E-state index in [0.29, 0.717) is 11.4 Å². The SMILES string of the molecule is Cc1nn(C)c(C)c1NS(=O)(=O)c1ccc(B2OC(C)(C)C(C)(C)O2)cc1. The normalized spacial score (nSPS) is 18.7. The van der Waals surface area contributed by atoms with Gasteiger partial charge in [-0.2, -0.15) is 5.10 Å². The molecule has 0 atom stereocenters. The predicted octanol–water partition coefficient (Wildman–Crippen LogP) is 2.14. The van der Waals surface area contributed by atoms with Gasteiger partial charge in [0.2, 0.25) is 0 Å². The summed E-state index contributed by atoms with van der Waals surface area (Å²) in [5.41, 5.74) is 1.78. The molecule has 1 fully saturated rings. The summed E-state index contributed by atoms with van der Waals surface area (Å²) in [6.45, 7) is 11.5. The average molecular weight is 391 g/mol. The Morgan fingerprint density at radius 2 is 1.56 bits per heavy atom. The zero-order valence-electron chi connectivity index (χ0n) is 16.8. The minimum absolute atomic E-state index is 0.172. The van der Waals surface area contributed by atoms with Gasteiger partial charge in [0.1, 0.15) is 0 Å². The summed E-state index contributed by atoms with van der Waals surface area (Å²) < 4.78 is 41.8. The van der Waals surface area contributed by atoms with Crippen LogP contribution in [0.2, 0.25) is 0 Å². The van der Waals surface area contributed by atoms with Gasteiger partial charge < -0.3 is 9.31 Å². The lowest BCUT2D eigenvalue weighted by Gasteiger charge is -2.32. The molecule has 1 aliphatic rings. The van der Waals surface area contributed by atoms with E-state index >= 15 is 0 Å². The average Bonchev–Trinajstić information content (AvgIpc) is 2.93. The zero-order chi connectivity index (χ0) is 20.2. The first kappa shape index (κ1) is 19.9. The molecule has 146 valence electrons. The van der Waals surface area contributed by atoms with E-state index in [1.54, 1.807) is 42.9 Å². The highest BCUT2D eigenvalue weighted by Gasteiger charge is 2.51. The summed E-state index contributed by atoms with van der Waals surface area (Å²) in [6, 6.07) is 6.56. The Labute approximate surface area is 161 Å². The van der Waals surface area contributed by atoms with Crippen LogP contribution in [0.25, 0.3) is 0 Å². The molecule has 0 spiro atoms. The number of hydrogen-bond acceptors (Lipinski definition) is 5. The van der Waals surface area contributed by atoms with Crippen molar-refractivity contribution < 1.29 is 17.7 Å². The highest BCUT2D eigenvalue weighted by molar-refractivity contribution is 7.92. The molecule has 0 unspecified atom stereocenters. The number of nitrogens with zero attached hydrogens (tertiary/aromatic N) is 2. The molecule has 3 rings (SSSR count). The van der Waals surface area contributed by atoms with Gasteiger partial charge in [0.15, 0.2) is 0 Å². The lowest BCUT2D eigenvalue weighted by Crippen LogP contribution is -2.41. The van der Waals surface area contributed by atoms with Crippen molar-refractivity contribution in [2.75, 3.05) is 4.72 Å². The van der Waals surface area contributed by atoms with Gasteiger partial charge >= 0.3 is 7.12 Å². The van der Waals surface area contributed by atoms with Crippen LogP contribution in [0.3, 0.4) is 0 Å². The van der Waals surface area contributed by atoms with Crippen molar-refractivity contribution in [2.24, 2.45) is 7.05 Å². The first-order chi connectivity index (χ1) is 12.3. The van der Waals surface area contributed by atoms with Crippen molar-refractivity contribution in [3.8, 4) is 0 Å². The fraction of sp³-hybridized carbons (Fsp3) is 0.500. The lowest BCUT2D eigenvalue weighted by atomic mass is 9.79. The van der Waals surface area contributed by atoms with Crippen LogP contribution in [0.1, 0.15) is 39.1 Å². The van der Waals surface area contributed by atoms with Crippen molar-refractivity contribution in [3.63, 3.8) is 0 Å². The van der Waals surface area contributed by atoms with Crippen LogP contribution in [0.15, 0.2) is 29.2 Å². The second-order valence-corrected chi connectivity index (χ2v) is 9.61. The molecule has 9 heteroatoms. The van der Waals surface area contributed by atoms with Gasteiger partial charge in [-0.15, -0.1) is 0 Å². The van der Waals surface area contributed by atoms with E-state index in [2.05, 4.69) is 9.82 Å². The van der Waals surface area contributed by atoms with Gasteiger partial charge in [-0.25, -0.2) is 8.42 Å². The summed E-state index contributed by atoms with van der Waals surface area (Å²) in [7, 11) is -2.46. The fourth-order valence-corrected chi connectivity index (χ4v) is 4.07. The second kappa shape index (κ2) is 6.36. The Hall–Kier alpha value is -1.84. The largest absolute Gasteiger partial charge is 0.494 e. The third-order valence-corrected chi connectivity index (χ3v) is 6.83. The van der Waals surface area contributed by atoms with Crippen molar-refractivity contribution in [2.45, 2.75) is 57.6 Å². The number of benzene rings is 1. The molecular formula is C18H26BN3O4S. The van der Waals surface area contributed by atoms with Crippen LogP contribution >= 0.6 is 0 Å². The number of rotatable bonds is 4. The predicted molar refractivity (Wildman–Crippen MR) is 106 cm³/mol. The highest BCUT2D eigenvalue weighted by Crippen LogP contribution is 2.36. The summed E-state index contributed by atoms with van der Waals surface area (Å²) in [6.07, 6.45) is 0. The maximum Gasteiger partial charge on any atom is 0.494 e. The number of anilines is 1. The van der Waals surface area contributed by atoms with Gasteiger partial charge in [0.25, 0.3) is 10.0 Å². The van der Waals surface area contributed by atoms with Crippen LogP contribution in [0, 0.1) is 13.8 Å². The Morgan fingerprint density at radius 3 is 2.00 bits per heavy atom. The molecule has 0 saturated carbocycles. The number of sulfonamides is 1. The van der Waals surface area contributed by atoms with Crippen LogP contribution in [-0.2, 0) is 26.4 Å². The zero-order valence-corrected chi connectivity index (χ0v) is 17.6. The fourth-order valence-electron chi connectivity index (χ4n) is 2.90. The topological polar surface area (TPSA) is 82.5 Å². The van der Waals surface area contributed by atoms with Gasteiger partial charge in [-0.3, -0.25) is 9.40 Å². The second-order valence-electron chi connectivity index (χ2n) is 7.93. The van der Waals surface area contributed by atoms with E-state index in [1.165, 1.54) is 0 Å². The molecule has 1 aromatic heterocycles. The van der Waals surface area contributed by atoms with Crippen LogP contribution in [0.5, 0.6) is 0 Å². The Balaban J connectivity index is 1.83. The standard InChI is InChI=1S/C18H26BN3O4S/c1-12-16(13(2)22(7)20-12)21-27(23,24)15-10-8-14(9-11-15)19-25-17(3,4)18(5,6)26-19/h8-11,21H,1-7H3. The Morgan fingerprint density at radius 1 is 1.04 bits per heavy atom. The first-order valence-corrected chi connectivity index (χ1v) is 10.3. The third-order valence-electron chi connectivity index (χ3n) is 5.46. The molecule has 0 bridgehead atoms. The van der Waals surface area contributed by atoms with Gasteiger partial charge in [-0.1, -0.05) is 12.1 Å². The highest BCUT2D eigenvalue weighted by atomic mass is 32.2. The molecule has 2 aromatic rings. The van der Waals surface area contributed by atoms with Gasteiger partial charge in [0, 0.05) is 7.05 Å². The molecule has 0 amide bonds. The summed E-state index contributed by atoms with van der Waals surface area (Å²) in [5.74, 6) is 0. The molecule has 1 saturated heterocycles. The molecule has 1 aromatic carbocycles. The van der Waals surface area contributed by atoms with Crippen LogP contribution in [0.4, 0.5) is 5.69 Å². The van der Waals surface area contributed by atoms with Crippen molar-refractivity contribution in [3.05, 3.63) is 35.7 Å². The Kier molecular flexibility index (Phi) is 4.69. The maximum atomic E-state index is 12.7. The molecule has 27 heavy (non-hydrogen) atoms. The smallest absolute Gasteiger partial charge is 0.399 e. The molecule has 7 nitrogen and oxygen atoms in total. The van der Waals surface area contributed by atoms with E-state index in [1.807, 2.05) is 34.6 Å². The molecule has 1 N–H and O–H groups in total. The molecule has 1 aliphatic heterocycles. The molecule has 2 heterocycles. The van der Waals surface area contributed by atoms with E-state index in [9.17, 15) is 8.42 Å². The summed E-state index contributed by atoms with van der Waals surface area (Å²) in [5, 5.41) is 4.24. The minimum atomic E-state index is -3.72. The van der Waals surface area contributed by atoms with Crippen LogP contribution in [-0.4, -0.2) is 36.5 Å². The molecule has 0 radical (unpaired) electrons.